The lowest BCUT2D eigenvalue weighted by Gasteiger charge is -2.33. The third-order valence-corrected chi connectivity index (χ3v) is 13.3. The maximum Gasteiger partial charge on any atom is 0.273 e. The molecular formula is C57H61F3N10O6. The number of para-hydroxylation sites is 5. The van der Waals surface area contributed by atoms with Crippen LogP contribution in [-0.4, -0.2) is 113 Å². The molecule has 0 bridgehead atoms. The molecule has 19 heteroatoms. The average molecular weight is 1040 g/mol. The highest BCUT2D eigenvalue weighted by molar-refractivity contribution is 6.17. The van der Waals surface area contributed by atoms with Gasteiger partial charge >= 0.3 is 0 Å². The number of fused-ring (bicyclic) bond motifs is 4. The summed E-state index contributed by atoms with van der Waals surface area (Å²) < 4.78 is 65.8. The third kappa shape index (κ3) is 10.6. The topological polar surface area (TPSA) is 158 Å². The van der Waals surface area contributed by atoms with Crippen molar-refractivity contribution >= 4 is 68.2 Å². The number of nitrogens with zero attached hydrogens (tertiary/aromatic N) is 7. The molecule has 2 saturated heterocycles. The number of hydrogen-bond donors (Lipinski definition) is 3. The van der Waals surface area contributed by atoms with Gasteiger partial charge in [0.15, 0.2) is 0 Å². The molecule has 2 amide bonds. The summed E-state index contributed by atoms with van der Waals surface area (Å²) in [7, 11) is 0. The van der Waals surface area contributed by atoms with Crippen molar-refractivity contribution in [1.82, 2.24) is 26.1 Å². The van der Waals surface area contributed by atoms with Crippen molar-refractivity contribution in [1.29, 1.82) is 0 Å². The number of ether oxygens (including phenoxy) is 4. The summed E-state index contributed by atoms with van der Waals surface area (Å²) >= 11 is 0. The van der Waals surface area contributed by atoms with Gasteiger partial charge < -0.3 is 34.1 Å². The van der Waals surface area contributed by atoms with Crippen LogP contribution in [0.25, 0.3) is 38.5 Å². The molecule has 2 fully saturated rings. The maximum absolute atomic E-state index is 15.1. The van der Waals surface area contributed by atoms with Crippen LogP contribution < -0.4 is 45.5 Å². The SMILES string of the molecule is CC.CC1N=CC(c2cccc3c(N4CCOCC4)c(C(=O)NN4CCOc5ccccc54)cnc23)=CN1.O=C(NN1CCOc2ccccc21)c1cnc2c(-c3cc(F)cc(F)c3)c(F)ccc2c1N1CCOCC1.[HH].[HH]. The van der Waals surface area contributed by atoms with Gasteiger partial charge in [0.25, 0.3) is 11.8 Å². The van der Waals surface area contributed by atoms with E-state index in [1.807, 2.05) is 110 Å². The number of carbonyl (C=O) groups is 2. The zero-order valence-electron chi connectivity index (χ0n) is 42.3. The van der Waals surface area contributed by atoms with E-state index in [1.165, 1.54) is 12.3 Å². The number of aromatic nitrogens is 2. The fourth-order valence-electron chi connectivity index (χ4n) is 9.80. The Morgan fingerprint density at radius 1 is 0.632 bits per heavy atom. The summed E-state index contributed by atoms with van der Waals surface area (Å²) in [5, 5.41) is 8.25. The van der Waals surface area contributed by atoms with Crippen LogP contribution in [-0.2, 0) is 9.47 Å². The van der Waals surface area contributed by atoms with Crippen LogP contribution in [0.1, 0.15) is 49.9 Å². The number of aliphatic imine (C=N–C) groups is 1. The Bertz CT molecular complexity index is 3340. The highest BCUT2D eigenvalue weighted by Gasteiger charge is 2.29. The molecule has 5 aliphatic rings. The summed E-state index contributed by atoms with van der Waals surface area (Å²) in [6, 6.07) is 26.8. The Morgan fingerprint density at radius 2 is 1.16 bits per heavy atom. The molecule has 3 N–H and O–H groups in total. The predicted molar refractivity (Wildman–Crippen MR) is 293 cm³/mol. The number of benzene rings is 5. The average Bonchev–Trinajstić information content (AvgIpc) is 3.45. The van der Waals surface area contributed by atoms with Gasteiger partial charge in [0.1, 0.15) is 48.3 Å². The first-order chi connectivity index (χ1) is 37.2. The summed E-state index contributed by atoms with van der Waals surface area (Å²) in [5.41, 5.74) is 12.8. The van der Waals surface area contributed by atoms with E-state index in [-0.39, 0.29) is 37.1 Å². The fraction of sp³-hybridized carbons (Fsp3) is 0.281. The van der Waals surface area contributed by atoms with Crippen molar-refractivity contribution in [3.63, 3.8) is 0 Å². The number of hydrogen-bond acceptors (Lipinski definition) is 14. The second-order valence-electron chi connectivity index (χ2n) is 18.0. The Morgan fingerprint density at radius 3 is 1.70 bits per heavy atom. The van der Waals surface area contributed by atoms with E-state index < -0.39 is 23.4 Å². The summed E-state index contributed by atoms with van der Waals surface area (Å²) in [6.45, 7) is 12.4. The summed E-state index contributed by atoms with van der Waals surface area (Å²) in [4.78, 5) is 45.3. The van der Waals surface area contributed by atoms with Gasteiger partial charge in [0, 0.05) is 87.4 Å². The van der Waals surface area contributed by atoms with Gasteiger partial charge in [0.05, 0.1) is 84.4 Å². The minimum Gasteiger partial charge on any atom is -0.489 e. The molecule has 7 heterocycles. The molecule has 0 saturated carbocycles. The molecule has 2 aromatic heterocycles. The van der Waals surface area contributed by atoms with E-state index >= 15 is 4.39 Å². The monoisotopic (exact) mass is 1040 g/mol. The molecule has 396 valence electrons. The van der Waals surface area contributed by atoms with Crippen molar-refractivity contribution in [2.45, 2.75) is 26.9 Å². The van der Waals surface area contributed by atoms with Gasteiger partial charge in [0.2, 0.25) is 0 Å². The molecule has 0 aliphatic carbocycles. The van der Waals surface area contributed by atoms with Crippen molar-refractivity contribution in [2.24, 2.45) is 4.99 Å². The predicted octanol–water partition coefficient (Wildman–Crippen LogP) is 9.19. The molecule has 7 aromatic rings. The molecule has 16 nitrogen and oxygen atoms in total. The minimum absolute atomic E-state index is 0. The maximum atomic E-state index is 15.1. The number of halogens is 3. The number of anilines is 4. The van der Waals surface area contributed by atoms with Crippen LogP contribution in [0.3, 0.4) is 0 Å². The van der Waals surface area contributed by atoms with E-state index in [0.29, 0.717) is 101 Å². The molecule has 0 spiro atoms. The first-order valence-corrected chi connectivity index (χ1v) is 25.4. The van der Waals surface area contributed by atoms with E-state index in [0.717, 1.165) is 63.1 Å². The first kappa shape index (κ1) is 51.1. The number of pyridine rings is 2. The Kier molecular flexibility index (Phi) is 15.5. The van der Waals surface area contributed by atoms with Crippen molar-refractivity contribution in [3.8, 4) is 22.6 Å². The number of amides is 2. The standard InChI is InChI=1S/C28H23F3N4O3.C27H28N6O3.C2H6.2H2/c29-18-13-17(14-19(30)15-18)25-22(31)6-5-20-26(25)32-16-21(27(20)34-7-10-37-11-8-34)28(36)33-35-9-12-38-24-4-2-1-3-23(24)35;1-18-28-15-19(16-29-18)20-5-4-6-21-25(20)30-17-22(26(21)32-9-12-35-13-10-32)27(34)31-33-11-14-36-24-8-3-2-7-23(24)33;1-2;;/h1-6,13-16H,7-12H2,(H,33,36);2-8,15-18,28H,9-14H2,1H3,(H,31,34);1-2H3;2*1H. The van der Waals surface area contributed by atoms with Crippen molar-refractivity contribution in [2.75, 3.05) is 98.7 Å². The lowest BCUT2D eigenvalue weighted by Crippen LogP contribution is -2.47. The molecule has 1 atom stereocenters. The lowest BCUT2D eigenvalue weighted by atomic mass is 9.98. The second kappa shape index (κ2) is 23.0. The lowest BCUT2D eigenvalue weighted by molar-refractivity contribution is 0.0935. The van der Waals surface area contributed by atoms with E-state index in [4.69, 9.17) is 23.9 Å². The quantitative estimate of drug-likeness (QED) is 0.133. The van der Waals surface area contributed by atoms with Crippen LogP contribution in [0, 0.1) is 17.5 Å². The largest absolute Gasteiger partial charge is 0.489 e. The molecule has 5 aliphatic heterocycles. The van der Waals surface area contributed by atoms with Gasteiger partial charge in [-0.15, -0.1) is 0 Å². The normalized spacial score (nSPS) is 16.8. The van der Waals surface area contributed by atoms with Crippen LogP contribution in [0.2, 0.25) is 0 Å². The highest BCUT2D eigenvalue weighted by atomic mass is 19.1. The summed E-state index contributed by atoms with van der Waals surface area (Å²) in [6.07, 6.45) is 6.96. The number of hydrazine groups is 2. The number of morpholine rings is 2. The number of nitrogens with one attached hydrogen (secondary N) is 3. The van der Waals surface area contributed by atoms with Gasteiger partial charge in [-0.05, 0) is 61.0 Å². The highest BCUT2D eigenvalue weighted by Crippen LogP contribution is 2.39. The molecule has 12 rings (SSSR count). The van der Waals surface area contributed by atoms with Gasteiger partial charge in [-0.3, -0.25) is 45.4 Å². The van der Waals surface area contributed by atoms with Crippen molar-refractivity contribution in [3.05, 3.63) is 150 Å². The van der Waals surface area contributed by atoms with E-state index in [2.05, 4.69) is 31.0 Å². The molecular weight excluding hydrogens is 978 g/mol. The molecule has 76 heavy (non-hydrogen) atoms. The Balaban J connectivity index is 0.000000195. The van der Waals surface area contributed by atoms with Crippen LogP contribution >= 0.6 is 0 Å². The first-order valence-electron chi connectivity index (χ1n) is 25.4. The zero-order valence-corrected chi connectivity index (χ0v) is 42.3. The van der Waals surface area contributed by atoms with Crippen LogP contribution in [0.5, 0.6) is 11.5 Å². The number of rotatable bonds is 8. The van der Waals surface area contributed by atoms with Crippen LogP contribution in [0.4, 0.5) is 35.9 Å². The van der Waals surface area contributed by atoms with Gasteiger partial charge in [-0.1, -0.05) is 56.3 Å². The fourth-order valence-corrected chi connectivity index (χ4v) is 9.80. The Hall–Kier alpha value is -8.42. The van der Waals surface area contributed by atoms with E-state index in [9.17, 15) is 18.4 Å². The molecule has 5 aromatic carbocycles. The van der Waals surface area contributed by atoms with Gasteiger partial charge in [-0.25, -0.2) is 13.2 Å². The van der Waals surface area contributed by atoms with Gasteiger partial charge in [-0.2, -0.15) is 0 Å². The second-order valence-corrected chi connectivity index (χ2v) is 18.0. The summed E-state index contributed by atoms with van der Waals surface area (Å²) in [5.74, 6) is -1.53. The molecule has 1 unspecified atom stereocenters. The number of carbonyl (C=O) groups excluding carboxylic acids is 2. The van der Waals surface area contributed by atoms with Crippen molar-refractivity contribution < 1.29 is 44.6 Å². The van der Waals surface area contributed by atoms with E-state index in [1.54, 1.807) is 17.3 Å². The smallest absolute Gasteiger partial charge is 0.273 e. The Labute approximate surface area is 440 Å². The number of allylic oxidation sites excluding steroid dienone is 1. The zero-order chi connectivity index (χ0) is 52.7. The third-order valence-electron chi connectivity index (χ3n) is 13.3. The minimum atomic E-state index is -0.827. The molecule has 0 radical (unpaired) electrons. The van der Waals surface area contributed by atoms with Crippen LogP contribution in [0.15, 0.2) is 121 Å².